The Hall–Kier alpha value is -1.43. The lowest BCUT2D eigenvalue weighted by Crippen LogP contribution is -2.69. The van der Waals surface area contributed by atoms with Crippen molar-refractivity contribution in [3.63, 3.8) is 0 Å². The van der Waals surface area contributed by atoms with Crippen molar-refractivity contribution in [2.75, 3.05) is 19.7 Å². The predicted molar refractivity (Wildman–Crippen MR) is 160 cm³/mol. The van der Waals surface area contributed by atoms with E-state index >= 15 is 0 Å². The Morgan fingerprint density at radius 1 is 0.760 bits per heavy atom. The van der Waals surface area contributed by atoms with Crippen LogP contribution in [0.15, 0.2) is 0 Å². The maximum Gasteiger partial charge on any atom is 0.394 e. The van der Waals surface area contributed by atoms with Crippen LogP contribution >= 0.6 is 0 Å². The van der Waals surface area contributed by atoms with Crippen LogP contribution in [-0.2, 0) is 44.5 Å². The van der Waals surface area contributed by atoms with Crippen LogP contribution < -0.4 is 28.3 Å². The van der Waals surface area contributed by atoms with Gasteiger partial charge in [-0.25, -0.2) is 0 Å². The summed E-state index contributed by atoms with van der Waals surface area (Å²) in [4.78, 5) is 12.6. The summed E-state index contributed by atoms with van der Waals surface area (Å²) in [7, 11) is -9.33. The van der Waals surface area contributed by atoms with Gasteiger partial charge in [0.2, 0.25) is 5.91 Å². The molecule has 0 aromatic rings. The fourth-order valence-electron chi connectivity index (χ4n) is 5.07. The zero-order chi connectivity index (χ0) is 38.9. The van der Waals surface area contributed by atoms with Gasteiger partial charge in [-0.15, -0.1) is 0 Å². The second kappa shape index (κ2) is 20.1. The quantitative estimate of drug-likeness (QED) is 0.0915. The molecule has 1 aliphatic carbocycles. The molecule has 2 saturated heterocycles. The summed E-state index contributed by atoms with van der Waals surface area (Å²) in [5.41, 5.74) is 23.1. The van der Waals surface area contributed by atoms with Gasteiger partial charge in [0.05, 0.1) is 18.7 Å². The van der Waals surface area contributed by atoms with Crippen LogP contribution in [0.1, 0.15) is 12.8 Å². The molecule has 2 aliphatic heterocycles. The van der Waals surface area contributed by atoms with Crippen molar-refractivity contribution >= 4 is 26.7 Å². The summed E-state index contributed by atoms with van der Waals surface area (Å²) in [6.07, 6.45) is -19.8. The highest BCUT2D eigenvalue weighted by Gasteiger charge is 2.52. The SMILES string of the molecule is NCCC(O)C(=O)N[C@@H]1C[C@H](N)[C@@H](O[C@H]2O[C@H](CN)[C@@H](O)[C@H](O)[C@H]2O)[C@H](O)[C@H]1O[C@H]1O[C@H](CO)[C@@H](O)[C@H](N)[C@H]1O.O=S(=O)(O)O.O=S(=O)(O)O. The number of nitrogens with two attached hydrogens (primary N) is 4. The van der Waals surface area contributed by atoms with Crippen LogP contribution in [0.2, 0.25) is 0 Å². The van der Waals surface area contributed by atoms with Crippen LogP contribution in [-0.4, -0.2) is 199 Å². The first-order chi connectivity index (χ1) is 22.9. The maximum atomic E-state index is 12.6. The number of nitrogens with one attached hydrogen (secondary N) is 1. The number of hydrogen-bond donors (Lipinski definition) is 17. The van der Waals surface area contributed by atoms with Crippen molar-refractivity contribution in [1.82, 2.24) is 5.32 Å². The van der Waals surface area contributed by atoms with E-state index in [0.717, 1.165) is 0 Å². The van der Waals surface area contributed by atoms with E-state index in [-0.39, 0.29) is 25.9 Å². The predicted octanol–water partition coefficient (Wildman–Crippen LogP) is -9.73. The van der Waals surface area contributed by atoms with Gasteiger partial charge in [0.1, 0.15) is 67.1 Å². The van der Waals surface area contributed by atoms with E-state index in [1.54, 1.807) is 0 Å². The van der Waals surface area contributed by atoms with Gasteiger partial charge in [0, 0.05) is 12.6 Å². The van der Waals surface area contributed by atoms with E-state index in [2.05, 4.69) is 5.32 Å². The average molecular weight is 782 g/mol. The van der Waals surface area contributed by atoms with Gasteiger partial charge in [-0.05, 0) is 19.4 Å². The molecular weight excluding hydrogens is 734 g/mol. The molecule has 1 amide bonds. The first-order valence-corrected chi connectivity index (χ1v) is 17.3. The summed E-state index contributed by atoms with van der Waals surface area (Å²) in [5.74, 6) is -0.845. The second-order valence-corrected chi connectivity index (χ2v) is 13.0. The van der Waals surface area contributed by atoms with Crippen molar-refractivity contribution in [3.8, 4) is 0 Å². The smallest absolute Gasteiger partial charge is 0.394 e. The minimum Gasteiger partial charge on any atom is -0.394 e. The molecule has 1 saturated carbocycles. The summed E-state index contributed by atoms with van der Waals surface area (Å²) < 4.78 is 85.7. The fraction of sp³-hybridized carbons (Fsp3) is 0.955. The van der Waals surface area contributed by atoms with Crippen LogP contribution in [0, 0.1) is 0 Å². The highest BCUT2D eigenvalue weighted by Crippen LogP contribution is 2.32. The molecule has 3 fully saturated rings. The number of hydrogen-bond acceptors (Lipinski definition) is 21. The topological polar surface area (TPSA) is 481 Å². The Labute approximate surface area is 285 Å². The number of aliphatic hydroxyl groups excluding tert-OH is 8. The molecule has 0 aromatic heterocycles. The lowest BCUT2D eigenvalue weighted by molar-refractivity contribution is -0.332. The van der Waals surface area contributed by atoms with Crippen molar-refractivity contribution in [1.29, 1.82) is 0 Å². The molecule has 298 valence electrons. The third-order valence-corrected chi connectivity index (χ3v) is 7.51. The molecule has 21 N–H and O–H groups in total. The van der Waals surface area contributed by atoms with Gasteiger partial charge >= 0.3 is 20.8 Å². The van der Waals surface area contributed by atoms with E-state index in [4.69, 9.17) is 76.9 Å². The highest BCUT2D eigenvalue weighted by molar-refractivity contribution is 7.80. The third-order valence-electron chi connectivity index (χ3n) is 7.51. The first kappa shape index (κ1) is 46.6. The van der Waals surface area contributed by atoms with E-state index < -0.39 is 131 Å². The number of carbonyl (C=O) groups excluding carboxylic acids is 1. The Morgan fingerprint density at radius 3 is 1.72 bits per heavy atom. The summed E-state index contributed by atoms with van der Waals surface area (Å²) in [5, 5.41) is 84.9. The Bertz CT molecular complexity index is 1200. The minimum absolute atomic E-state index is 0.0101. The lowest BCUT2D eigenvalue weighted by Gasteiger charge is -2.49. The van der Waals surface area contributed by atoms with E-state index in [1.165, 1.54) is 0 Å². The Kier molecular flexibility index (Phi) is 18.8. The zero-order valence-corrected chi connectivity index (χ0v) is 27.6. The lowest BCUT2D eigenvalue weighted by atomic mass is 9.83. The maximum absolute atomic E-state index is 12.6. The monoisotopic (exact) mass is 781 g/mol. The van der Waals surface area contributed by atoms with Gasteiger partial charge in [0.25, 0.3) is 0 Å². The van der Waals surface area contributed by atoms with Crippen LogP contribution in [0.5, 0.6) is 0 Å². The standard InChI is InChI=1S/C22H43N5O13.2H2O4S/c23-2-1-8(29)20(36)27-7-3-6(25)18(39-22-16(34)15(33)13(31)9(4-24)37-22)17(35)19(7)40-21-14(32)11(26)12(30)10(5-28)38-21;2*1-5(2,3)4/h6-19,21-22,28-35H,1-5,23-26H2,(H,27,36);2*(H2,1,2,3,4)/t6-,7+,8?,9+,10+,11-,12+,13+,14+,15-,16+,17-,18+,19-,21+,22+;;/m0../s1. The Balaban J connectivity index is 0.00000109. The largest absolute Gasteiger partial charge is 0.394 e. The van der Waals surface area contributed by atoms with E-state index in [1.807, 2.05) is 0 Å². The van der Waals surface area contributed by atoms with Crippen LogP contribution in [0.25, 0.3) is 0 Å². The number of aliphatic hydroxyl groups is 8. The van der Waals surface area contributed by atoms with Crippen molar-refractivity contribution in [2.24, 2.45) is 22.9 Å². The molecule has 3 aliphatic rings. The normalized spacial score (nSPS) is 40.0. The van der Waals surface area contributed by atoms with Crippen LogP contribution in [0.3, 0.4) is 0 Å². The zero-order valence-electron chi connectivity index (χ0n) is 25.9. The van der Waals surface area contributed by atoms with Crippen LogP contribution in [0.4, 0.5) is 0 Å². The molecule has 0 radical (unpaired) electrons. The summed E-state index contributed by atoms with van der Waals surface area (Å²) in [6, 6.07) is -3.45. The molecule has 28 heteroatoms. The number of carbonyl (C=O) groups is 1. The molecule has 3 rings (SSSR count). The summed E-state index contributed by atoms with van der Waals surface area (Å²) >= 11 is 0. The molecule has 16 atom stereocenters. The van der Waals surface area contributed by atoms with Gasteiger partial charge in [-0.3, -0.25) is 23.0 Å². The third kappa shape index (κ3) is 14.5. The van der Waals surface area contributed by atoms with Gasteiger partial charge in [-0.1, -0.05) is 0 Å². The fourth-order valence-corrected chi connectivity index (χ4v) is 5.07. The molecule has 0 bridgehead atoms. The molecular formula is C22H47N5O21S2. The minimum atomic E-state index is -4.67. The summed E-state index contributed by atoms with van der Waals surface area (Å²) in [6.45, 7) is -0.898. The first-order valence-electron chi connectivity index (χ1n) is 14.5. The molecule has 1 unspecified atom stereocenters. The second-order valence-electron chi connectivity index (χ2n) is 11.2. The number of amides is 1. The molecule has 50 heavy (non-hydrogen) atoms. The molecule has 0 spiro atoms. The average Bonchev–Trinajstić information content (AvgIpc) is 2.99. The van der Waals surface area contributed by atoms with Gasteiger partial charge in [0.15, 0.2) is 12.6 Å². The molecule has 0 aromatic carbocycles. The van der Waals surface area contributed by atoms with Crippen molar-refractivity contribution < 1.29 is 99.6 Å². The molecule has 2 heterocycles. The van der Waals surface area contributed by atoms with E-state index in [9.17, 15) is 45.6 Å². The van der Waals surface area contributed by atoms with Gasteiger partial charge in [-0.2, -0.15) is 16.8 Å². The Morgan fingerprint density at radius 2 is 1.24 bits per heavy atom. The van der Waals surface area contributed by atoms with E-state index in [0.29, 0.717) is 0 Å². The van der Waals surface area contributed by atoms with Gasteiger partial charge < -0.3 is 88.1 Å². The molecule has 26 nitrogen and oxygen atoms in total. The van der Waals surface area contributed by atoms with Crippen molar-refractivity contribution in [3.05, 3.63) is 0 Å². The number of ether oxygens (including phenoxy) is 4. The van der Waals surface area contributed by atoms with Crippen molar-refractivity contribution in [2.45, 2.75) is 111 Å². The number of rotatable bonds is 10. The highest BCUT2D eigenvalue weighted by atomic mass is 32.3.